The number of carbonyl (C=O) groups is 2. The van der Waals surface area contributed by atoms with Crippen LogP contribution in [0.5, 0.6) is 0 Å². The summed E-state index contributed by atoms with van der Waals surface area (Å²) in [7, 11) is 0. The number of carboxylic acids is 1. The van der Waals surface area contributed by atoms with Gasteiger partial charge in [-0.1, -0.05) is 88.1 Å². The topological polar surface area (TPSA) is 75.6 Å². The van der Waals surface area contributed by atoms with Crippen LogP contribution in [0.25, 0.3) is 11.1 Å². The van der Waals surface area contributed by atoms with Gasteiger partial charge < -0.3 is 15.2 Å². The van der Waals surface area contributed by atoms with Crippen molar-refractivity contribution in [1.82, 2.24) is 5.32 Å². The molecule has 1 amide bonds. The fraction of sp³-hybridized carbons (Fsp3) is 0.440. The number of hydrogen-bond donors (Lipinski definition) is 2. The molecule has 160 valence electrons. The van der Waals surface area contributed by atoms with E-state index in [1.54, 1.807) is 0 Å². The standard InChI is InChI=1S/C25H31NO4/c1-17(2)10-4-3-5-15-23(24(27)28)26-25(29)30-16-22-20-13-8-6-11-18(20)19-12-7-9-14-21(19)22/h6-9,11-14,17,22-23H,3-5,10,15-16H2,1-2H3,(H,26,29)(H,27,28). The zero-order valence-electron chi connectivity index (χ0n) is 17.8. The lowest BCUT2D eigenvalue weighted by Crippen LogP contribution is -2.41. The summed E-state index contributed by atoms with van der Waals surface area (Å²) in [6, 6.07) is 15.3. The van der Waals surface area contributed by atoms with Gasteiger partial charge in [0.2, 0.25) is 0 Å². The molecule has 1 unspecified atom stereocenters. The van der Waals surface area contributed by atoms with Crippen LogP contribution in [0.2, 0.25) is 0 Å². The molecule has 0 bridgehead atoms. The molecule has 30 heavy (non-hydrogen) atoms. The first-order valence-electron chi connectivity index (χ1n) is 10.8. The lowest BCUT2D eigenvalue weighted by Gasteiger charge is -2.17. The van der Waals surface area contributed by atoms with Gasteiger partial charge in [-0.3, -0.25) is 0 Å². The Labute approximate surface area is 178 Å². The quantitative estimate of drug-likeness (QED) is 0.502. The van der Waals surface area contributed by atoms with Crippen LogP contribution in [0, 0.1) is 5.92 Å². The monoisotopic (exact) mass is 409 g/mol. The lowest BCUT2D eigenvalue weighted by atomic mass is 9.98. The van der Waals surface area contributed by atoms with Crippen LogP contribution in [0.3, 0.4) is 0 Å². The van der Waals surface area contributed by atoms with E-state index >= 15 is 0 Å². The first-order valence-corrected chi connectivity index (χ1v) is 10.8. The van der Waals surface area contributed by atoms with Crippen molar-refractivity contribution in [1.29, 1.82) is 0 Å². The van der Waals surface area contributed by atoms with Crippen molar-refractivity contribution in [3.8, 4) is 11.1 Å². The van der Waals surface area contributed by atoms with Gasteiger partial charge in [0.1, 0.15) is 12.6 Å². The number of carbonyl (C=O) groups excluding carboxylic acids is 1. The maximum atomic E-state index is 12.3. The number of fused-ring (bicyclic) bond motifs is 3. The lowest BCUT2D eigenvalue weighted by molar-refractivity contribution is -0.139. The summed E-state index contributed by atoms with van der Waals surface area (Å²) < 4.78 is 5.47. The largest absolute Gasteiger partial charge is 0.480 e. The minimum Gasteiger partial charge on any atom is -0.480 e. The first kappa shape index (κ1) is 21.9. The molecule has 0 heterocycles. The SMILES string of the molecule is CC(C)CCCCCC(NC(=O)OCC1c2ccccc2-c2ccccc21)C(=O)O. The highest BCUT2D eigenvalue weighted by Crippen LogP contribution is 2.44. The Morgan fingerprint density at radius 3 is 2.07 bits per heavy atom. The average Bonchev–Trinajstić information content (AvgIpc) is 3.04. The molecule has 1 aliphatic rings. The number of rotatable bonds is 10. The molecule has 0 spiro atoms. The third kappa shape index (κ3) is 5.41. The Balaban J connectivity index is 1.54. The summed E-state index contributed by atoms with van der Waals surface area (Å²) in [5.41, 5.74) is 4.58. The number of aliphatic carboxylic acids is 1. The van der Waals surface area contributed by atoms with Crippen LogP contribution in [-0.2, 0) is 9.53 Å². The van der Waals surface area contributed by atoms with E-state index in [4.69, 9.17) is 4.74 Å². The van der Waals surface area contributed by atoms with Gasteiger partial charge in [0.15, 0.2) is 0 Å². The number of ether oxygens (including phenoxy) is 1. The Morgan fingerprint density at radius 2 is 1.50 bits per heavy atom. The van der Waals surface area contributed by atoms with Gasteiger partial charge in [-0.2, -0.15) is 0 Å². The maximum absolute atomic E-state index is 12.3. The highest BCUT2D eigenvalue weighted by atomic mass is 16.5. The molecule has 0 radical (unpaired) electrons. The molecule has 1 atom stereocenters. The number of alkyl carbamates (subject to hydrolysis) is 1. The van der Waals surface area contributed by atoms with E-state index in [2.05, 4.69) is 43.4 Å². The third-order valence-corrected chi connectivity index (χ3v) is 5.71. The van der Waals surface area contributed by atoms with Crippen molar-refractivity contribution in [2.24, 2.45) is 5.92 Å². The van der Waals surface area contributed by atoms with Crippen LogP contribution in [0.15, 0.2) is 48.5 Å². The van der Waals surface area contributed by atoms with E-state index in [9.17, 15) is 14.7 Å². The van der Waals surface area contributed by atoms with Crippen molar-refractivity contribution >= 4 is 12.1 Å². The van der Waals surface area contributed by atoms with Gasteiger partial charge >= 0.3 is 12.1 Å². The minimum absolute atomic E-state index is 0.0394. The Bertz CT molecular complexity index is 831. The summed E-state index contributed by atoms with van der Waals surface area (Å²) in [6.07, 6.45) is 3.69. The van der Waals surface area contributed by atoms with Crippen molar-refractivity contribution in [2.75, 3.05) is 6.61 Å². The van der Waals surface area contributed by atoms with E-state index in [-0.39, 0.29) is 12.5 Å². The van der Waals surface area contributed by atoms with Crippen molar-refractivity contribution < 1.29 is 19.4 Å². The highest BCUT2D eigenvalue weighted by molar-refractivity contribution is 5.81. The fourth-order valence-corrected chi connectivity index (χ4v) is 4.12. The molecular weight excluding hydrogens is 378 g/mol. The van der Waals surface area contributed by atoms with E-state index in [0.29, 0.717) is 12.3 Å². The summed E-state index contributed by atoms with van der Waals surface area (Å²) in [6.45, 7) is 4.54. The Kier molecular flexibility index (Phi) is 7.50. The number of nitrogens with one attached hydrogen (secondary N) is 1. The van der Waals surface area contributed by atoms with E-state index in [1.807, 2.05) is 24.3 Å². The molecule has 2 aromatic rings. The van der Waals surface area contributed by atoms with Crippen LogP contribution in [0.1, 0.15) is 63.0 Å². The van der Waals surface area contributed by atoms with Crippen LogP contribution in [0.4, 0.5) is 4.79 Å². The van der Waals surface area contributed by atoms with Crippen LogP contribution in [-0.4, -0.2) is 29.8 Å². The zero-order valence-corrected chi connectivity index (χ0v) is 17.8. The molecule has 0 aliphatic heterocycles. The number of benzene rings is 2. The summed E-state index contributed by atoms with van der Waals surface area (Å²) in [5, 5.41) is 12.0. The van der Waals surface area contributed by atoms with Gasteiger partial charge in [0, 0.05) is 5.92 Å². The molecule has 2 aromatic carbocycles. The fourth-order valence-electron chi connectivity index (χ4n) is 4.12. The molecule has 5 nitrogen and oxygen atoms in total. The molecule has 0 fully saturated rings. The van der Waals surface area contributed by atoms with Crippen molar-refractivity contribution in [3.05, 3.63) is 59.7 Å². The van der Waals surface area contributed by atoms with Crippen LogP contribution >= 0.6 is 0 Å². The maximum Gasteiger partial charge on any atom is 0.407 e. The second-order valence-electron chi connectivity index (χ2n) is 8.39. The van der Waals surface area contributed by atoms with Gasteiger partial charge in [-0.05, 0) is 34.6 Å². The highest BCUT2D eigenvalue weighted by Gasteiger charge is 2.29. The van der Waals surface area contributed by atoms with E-state index in [0.717, 1.165) is 47.9 Å². The van der Waals surface area contributed by atoms with Crippen molar-refractivity contribution in [3.63, 3.8) is 0 Å². The number of carboxylic acid groups (broad SMARTS) is 1. The molecule has 1 aliphatic carbocycles. The molecule has 0 saturated heterocycles. The Morgan fingerprint density at radius 1 is 0.933 bits per heavy atom. The van der Waals surface area contributed by atoms with Gasteiger partial charge in [0.25, 0.3) is 0 Å². The average molecular weight is 410 g/mol. The normalized spacial score (nSPS) is 13.6. The van der Waals surface area contributed by atoms with E-state index < -0.39 is 18.1 Å². The molecule has 5 heteroatoms. The summed E-state index contributed by atoms with van der Waals surface area (Å²) in [5.74, 6) is -0.408. The zero-order chi connectivity index (χ0) is 21.5. The summed E-state index contributed by atoms with van der Waals surface area (Å²) in [4.78, 5) is 23.8. The predicted octanol–water partition coefficient (Wildman–Crippen LogP) is 5.58. The molecule has 0 aromatic heterocycles. The van der Waals surface area contributed by atoms with Gasteiger partial charge in [0.05, 0.1) is 0 Å². The first-order chi connectivity index (χ1) is 14.5. The van der Waals surface area contributed by atoms with Crippen LogP contribution < -0.4 is 5.32 Å². The molecule has 2 N–H and O–H groups in total. The molecule has 3 rings (SSSR count). The predicted molar refractivity (Wildman–Crippen MR) is 118 cm³/mol. The molecule has 0 saturated carbocycles. The minimum atomic E-state index is -1.02. The molecular formula is C25H31NO4. The van der Waals surface area contributed by atoms with Crippen molar-refractivity contribution in [2.45, 2.75) is 57.9 Å². The summed E-state index contributed by atoms with van der Waals surface area (Å²) >= 11 is 0. The number of unbranched alkanes of at least 4 members (excludes halogenated alkanes) is 2. The second-order valence-corrected chi connectivity index (χ2v) is 8.39. The van der Waals surface area contributed by atoms with Gasteiger partial charge in [-0.25, -0.2) is 9.59 Å². The smallest absolute Gasteiger partial charge is 0.407 e. The Hall–Kier alpha value is -2.82. The third-order valence-electron chi connectivity index (χ3n) is 5.71. The number of hydrogen-bond acceptors (Lipinski definition) is 3. The van der Waals surface area contributed by atoms with E-state index in [1.165, 1.54) is 0 Å². The number of amides is 1. The van der Waals surface area contributed by atoms with Gasteiger partial charge in [-0.15, -0.1) is 0 Å². The second kappa shape index (κ2) is 10.3.